The van der Waals surface area contributed by atoms with E-state index in [1.54, 1.807) is 18.2 Å². The summed E-state index contributed by atoms with van der Waals surface area (Å²) in [6.45, 7) is 4.14. The molecule has 0 saturated carbocycles. The summed E-state index contributed by atoms with van der Waals surface area (Å²) < 4.78 is 13.9. The highest BCUT2D eigenvalue weighted by atomic mass is 19.1. The van der Waals surface area contributed by atoms with E-state index in [4.69, 9.17) is 11.0 Å². The van der Waals surface area contributed by atoms with Crippen molar-refractivity contribution in [1.29, 1.82) is 5.26 Å². The first-order chi connectivity index (χ1) is 12.9. The zero-order valence-electron chi connectivity index (χ0n) is 15.2. The Morgan fingerprint density at radius 1 is 1.11 bits per heavy atom. The third kappa shape index (κ3) is 4.59. The second-order valence-electron chi connectivity index (χ2n) is 6.97. The van der Waals surface area contributed by atoms with Crippen LogP contribution in [0, 0.1) is 17.1 Å². The quantitative estimate of drug-likeness (QED) is 0.712. The molecule has 0 fully saturated rings. The fraction of sp³-hybridized carbons (Fsp3) is 0.190. The van der Waals surface area contributed by atoms with Gasteiger partial charge in [-0.3, -0.25) is 0 Å². The van der Waals surface area contributed by atoms with Gasteiger partial charge in [-0.05, 0) is 38.0 Å². The Kier molecular flexibility index (Phi) is 5.04. The third-order valence-electron chi connectivity index (χ3n) is 4.08. The number of nitrogens with one attached hydrogen (secondary N) is 1. The molecule has 0 spiro atoms. The fourth-order valence-corrected chi connectivity index (χ4v) is 2.94. The molecule has 0 aliphatic rings. The third-order valence-corrected chi connectivity index (χ3v) is 4.08. The van der Waals surface area contributed by atoms with Crippen molar-refractivity contribution in [2.24, 2.45) is 0 Å². The number of nitrogens with two attached hydrogens (primary N) is 1. The van der Waals surface area contributed by atoms with Gasteiger partial charge in [0.15, 0.2) is 0 Å². The number of hydrogen-bond donors (Lipinski definition) is 2. The molecule has 136 valence electrons. The molecule has 0 bridgehead atoms. The van der Waals surface area contributed by atoms with Gasteiger partial charge in [-0.15, -0.1) is 0 Å². The average Bonchev–Trinajstić information content (AvgIpc) is 2.61. The van der Waals surface area contributed by atoms with Crippen LogP contribution in [0.3, 0.4) is 0 Å². The van der Waals surface area contributed by atoms with Gasteiger partial charge in [-0.25, -0.2) is 9.37 Å². The molecule has 0 aliphatic carbocycles. The largest absolute Gasteiger partial charge is 0.368 e. The second-order valence-corrected chi connectivity index (χ2v) is 6.97. The molecule has 27 heavy (non-hydrogen) atoms. The zero-order valence-corrected chi connectivity index (χ0v) is 15.2. The van der Waals surface area contributed by atoms with Crippen LogP contribution in [-0.4, -0.2) is 15.5 Å². The maximum atomic E-state index is 13.9. The van der Waals surface area contributed by atoms with E-state index in [9.17, 15) is 4.39 Å². The predicted octanol–water partition coefficient (Wildman–Crippen LogP) is 4.17. The van der Waals surface area contributed by atoms with Crippen molar-refractivity contribution in [2.45, 2.75) is 25.8 Å². The van der Waals surface area contributed by atoms with Crippen LogP contribution in [0.25, 0.3) is 11.3 Å². The van der Waals surface area contributed by atoms with Crippen molar-refractivity contribution in [3.05, 3.63) is 71.5 Å². The van der Waals surface area contributed by atoms with Crippen LogP contribution in [0.5, 0.6) is 0 Å². The monoisotopic (exact) mass is 361 g/mol. The topological polar surface area (TPSA) is 87.6 Å². The first-order valence-corrected chi connectivity index (χ1v) is 8.53. The van der Waals surface area contributed by atoms with Gasteiger partial charge in [0.2, 0.25) is 5.95 Å². The molecule has 1 aromatic heterocycles. The molecule has 0 radical (unpaired) electrons. The molecule has 2 aromatic carbocycles. The first kappa shape index (κ1) is 18.3. The van der Waals surface area contributed by atoms with Gasteiger partial charge >= 0.3 is 0 Å². The molecule has 0 unspecified atom stereocenters. The smallest absolute Gasteiger partial charge is 0.222 e. The fourth-order valence-electron chi connectivity index (χ4n) is 2.94. The highest BCUT2D eigenvalue weighted by molar-refractivity contribution is 5.65. The molecule has 6 heteroatoms. The van der Waals surface area contributed by atoms with Crippen LogP contribution >= 0.6 is 0 Å². The normalized spacial score (nSPS) is 11.0. The standard InChI is InChI=1S/C21H20FN5/c1-21(2,12-14-6-4-3-5-7-14)27-19-11-18(25-20(24)26-19)15-8-9-16(13-23)17(22)10-15/h3-11H,12H2,1-2H3,(H3,24,25,26,27). The van der Waals surface area contributed by atoms with Crippen molar-refractivity contribution in [3.8, 4) is 17.3 Å². The van der Waals surface area contributed by atoms with Gasteiger partial charge in [-0.1, -0.05) is 36.4 Å². The summed E-state index contributed by atoms with van der Waals surface area (Å²) in [5, 5.41) is 12.2. The Balaban J connectivity index is 1.87. The maximum Gasteiger partial charge on any atom is 0.222 e. The van der Waals surface area contributed by atoms with E-state index < -0.39 is 5.82 Å². The van der Waals surface area contributed by atoms with Gasteiger partial charge in [-0.2, -0.15) is 10.2 Å². The van der Waals surface area contributed by atoms with Gasteiger partial charge in [0.25, 0.3) is 0 Å². The van der Waals surface area contributed by atoms with Gasteiger partial charge in [0, 0.05) is 17.2 Å². The summed E-state index contributed by atoms with van der Waals surface area (Å²) in [6, 6.07) is 18.0. The van der Waals surface area contributed by atoms with E-state index in [2.05, 4.69) is 41.3 Å². The highest BCUT2D eigenvalue weighted by Crippen LogP contribution is 2.25. The summed E-state index contributed by atoms with van der Waals surface area (Å²) in [7, 11) is 0. The van der Waals surface area contributed by atoms with E-state index in [1.807, 2.05) is 18.2 Å². The maximum absolute atomic E-state index is 13.9. The van der Waals surface area contributed by atoms with E-state index in [0.29, 0.717) is 17.1 Å². The number of aromatic nitrogens is 2. The van der Waals surface area contributed by atoms with Crippen LogP contribution in [0.4, 0.5) is 16.2 Å². The van der Waals surface area contributed by atoms with E-state index >= 15 is 0 Å². The summed E-state index contributed by atoms with van der Waals surface area (Å²) in [6.07, 6.45) is 0.790. The first-order valence-electron chi connectivity index (χ1n) is 8.53. The lowest BCUT2D eigenvalue weighted by atomic mass is 9.95. The molecule has 5 nitrogen and oxygen atoms in total. The SMILES string of the molecule is CC(C)(Cc1ccccc1)Nc1cc(-c2ccc(C#N)c(F)c2)nc(N)n1. The van der Waals surface area contributed by atoms with Crippen LogP contribution in [0.1, 0.15) is 25.0 Å². The number of nitrogens with zero attached hydrogens (tertiary/aromatic N) is 3. The lowest BCUT2D eigenvalue weighted by molar-refractivity contribution is 0.561. The predicted molar refractivity (Wildman–Crippen MR) is 104 cm³/mol. The summed E-state index contributed by atoms with van der Waals surface area (Å²) >= 11 is 0. The number of anilines is 2. The number of rotatable bonds is 5. The molecule has 0 amide bonds. The molecule has 1 heterocycles. The van der Waals surface area contributed by atoms with Crippen molar-refractivity contribution in [2.75, 3.05) is 11.1 Å². The van der Waals surface area contributed by atoms with Gasteiger partial charge in [0.1, 0.15) is 17.7 Å². The Bertz CT molecular complexity index is 993. The van der Waals surface area contributed by atoms with Gasteiger partial charge < -0.3 is 11.1 Å². The highest BCUT2D eigenvalue weighted by Gasteiger charge is 2.20. The van der Waals surface area contributed by atoms with E-state index in [0.717, 1.165) is 6.42 Å². The van der Waals surface area contributed by atoms with Crippen molar-refractivity contribution in [1.82, 2.24) is 9.97 Å². The zero-order chi connectivity index (χ0) is 19.4. The van der Waals surface area contributed by atoms with Crippen molar-refractivity contribution >= 4 is 11.8 Å². The minimum Gasteiger partial charge on any atom is -0.368 e. The number of hydrogen-bond acceptors (Lipinski definition) is 5. The summed E-state index contributed by atoms with van der Waals surface area (Å²) in [4.78, 5) is 8.44. The number of halogens is 1. The number of nitriles is 1. The number of benzene rings is 2. The van der Waals surface area contributed by atoms with Gasteiger partial charge in [0.05, 0.1) is 11.3 Å². The second kappa shape index (κ2) is 7.42. The minimum atomic E-state index is -0.592. The molecule has 3 N–H and O–H groups in total. The molecule has 0 atom stereocenters. The van der Waals surface area contributed by atoms with Crippen molar-refractivity contribution in [3.63, 3.8) is 0 Å². The molecular formula is C21H20FN5. The minimum absolute atomic E-state index is 0.0110. The van der Waals surface area contributed by atoms with E-state index in [1.165, 1.54) is 17.7 Å². The Morgan fingerprint density at radius 3 is 2.52 bits per heavy atom. The van der Waals surface area contributed by atoms with Crippen LogP contribution in [0.15, 0.2) is 54.6 Å². The number of nitrogen functional groups attached to an aromatic ring is 1. The molecule has 3 rings (SSSR count). The Hall–Kier alpha value is -3.46. The van der Waals surface area contributed by atoms with Crippen LogP contribution in [0.2, 0.25) is 0 Å². The summed E-state index contributed by atoms with van der Waals surface area (Å²) in [5.41, 5.74) is 7.78. The average molecular weight is 361 g/mol. The molecule has 0 aliphatic heterocycles. The lowest BCUT2D eigenvalue weighted by Crippen LogP contribution is -2.34. The molecule has 0 saturated heterocycles. The Labute approximate surface area is 157 Å². The van der Waals surface area contributed by atoms with Crippen LogP contribution in [-0.2, 0) is 6.42 Å². The summed E-state index contributed by atoms with van der Waals surface area (Å²) in [5.74, 6) is 0.0598. The molecule has 3 aromatic rings. The molecular weight excluding hydrogens is 341 g/mol. The van der Waals surface area contributed by atoms with Crippen LogP contribution < -0.4 is 11.1 Å². The Morgan fingerprint density at radius 2 is 1.85 bits per heavy atom. The lowest BCUT2D eigenvalue weighted by Gasteiger charge is -2.27. The van der Waals surface area contributed by atoms with E-state index in [-0.39, 0.29) is 17.1 Å². The van der Waals surface area contributed by atoms with Crippen molar-refractivity contribution < 1.29 is 4.39 Å².